The van der Waals surface area contributed by atoms with Crippen LogP contribution in [-0.4, -0.2) is 17.5 Å². The molecule has 25 heavy (non-hydrogen) atoms. The Bertz CT molecular complexity index is 755. The number of amides is 2. The number of rotatable bonds is 7. The van der Waals surface area contributed by atoms with Gasteiger partial charge in [-0.3, -0.25) is 0 Å². The third-order valence-electron chi connectivity index (χ3n) is 4.01. The molecule has 3 rings (SSSR count). The van der Waals surface area contributed by atoms with Crippen molar-refractivity contribution in [3.05, 3.63) is 95.9 Å². The van der Waals surface area contributed by atoms with Gasteiger partial charge in [0, 0.05) is 13.1 Å². The minimum atomic E-state index is -0.0869. The highest BCUT2D eigenvalue weighted by Gasteiger charge is 2.15. The molecule has 2 amide bonds. The topological polar surface area (TPSA) is 45.5 Å². The van der Waals surface area contributed by atoms with Crippen molar-refractivity contribution in [1.29, 1.82) is 0 Å². The fourth-order valence-corrected chi connectivity index (χ4v) is 2.64. The Morgan fingerprint density at radius 1 is 0.880 bits per heavy atom. The van der Waals surface area contributed by atoms with E-state index in [-0.39, 0.29) is 6.03 Å². The molecule has 0 saturated carbocycles. The first-order valence-corrected chi connectivity index (χ1v) is 8.44. The highest BCUT2D eigenvalue weighted by molar-refractivity contribution is 5.74. The first kappa shape index (κ1) is 16.8. The van der Waals surface area contributed by atoms with Gasteiger partial charge in [-0.05, 0) is 29.7 Å². The zero-order valence-electron chi connectivity index (χ0n) is 14.1. The lowest BCUT2D eigenvalue weighted by Crippen LogP contribution is -2.40. The van der Waals surface area contributed by atoms with Crippen LogP contribution in [0, 0.1) is 0 Å². The van der Waals surface area contributed by atoms with Crippen LogP contribution in [-0.2, 0) is 19.5 Å². The van der Waals surface area contributed by atoms with Crippen molar-refractivity contribution >= 4 is 6.03 Å². The van der Waals surface area contributed by atoms with Crippen LogP contribution in [0.25, 0.3) is 0 Å². The Morgan fingerprint density at radius 2 is 1.56 bits per heavy atom. The summed E-state index contributed by atoms with van der Waals surface area (Å²) in [7, 11) is 0. The summed E-state index contributed by atoms with van der Waals surface area (Å²) < 4.78 is 5.41. The standard InChI is InChI=1S/C21H22N2O2/c24-21(22-16-19-10-5-2-6-11-19)23(17-20-12-7-15-25-20)14-13-18-8-3-1-4-9-18/h1-12,15H,13-14,16-17H2,(H,22,24). The monoisotopic (exact) mass is 334 g/mol. The van der Waals surface area contributed by atoms with E-state index in [0.717, 1.165) is 17.7 Å². The quantitative estimate of drug-likeness (QED) is 0.702. The summed E-state index contributed by atoms with van der Waals surface area (Å²) in [4.78, 5) is 14.4. The normalized spacial score (nSPS) is 10.4. The molecule has 0 aliphatic rings. The smallest absolute Gasteiger partial charge is 0.318 e. The first-order valence-electron chi connectivity index (χ1n) is 8.44. The minimum absolute atomic E-state index is 0.0869. The summed E-state index contributed by atoms with van der Waals surface area (Å²) in [6.45, 7) is 1.60. The second kappa shape index (κ2) is 8.73. The molecule has 3 aromatic rings. The molecule has 4 heteroatoms. The third kappa shape index (κ3) is 5.24. The van der Waals surface area contributed by atoms with Gasteiger partial charge in [-0.25, -0.2) is 4.79 Å². The number of carbonyl (C=O) groups is 1. The number of hydrogen-bond donors (Lipinski definition) is 1. The number of urea groups is 1. The highest BCUT2D eigenvalue weighted by Crippen LogP contribution is 2.09. The molecule has 1 heterocycles. The Kier molecular flexibility index (Phi) is 5.88. The molecule has 0 unspecified atom stereocenters. The van der Waals surface area contributed by atoms with Crippen LogP contribution in [0.3, 0.4) is 0 Å². The molecule has 4 nitrogen and oxygen atoms in total. The molecule has 0 aliphatic carbocycles. The summed E-state index contributed by atoms with van der Waals surface area (Å²) in [5, 5.41) is 2.99. The second-order valence-corrected chi connectivity index (χ2v) is 5.88. The molecule has 0 spiro atoms. The van der Waals surface area contributed by atoms with Crippen LogP contribution in [0.1, 0.15) is 16.9 Å². The first-order chi connectivity index (χ1) is 12.3. The lowest BCUT2D eigenvalue weighted by Gasteiger charge is -2.22. The maximum atomic E-state index is 12.6. The Morgan fingerprint density at radius 3 is 2.20 bits per heavy atom. The minimum Gasteiger partial charge on any atom is -0.467 e. The van der Waals surface area contributed by atoms with Gasteiger partial charge in [0.25, 0.3) is 0 Å². The van der Waals surface area contributed by atoms with Crippen LogP contribution in [0.2, 0.25) is 0 Å². The van der Waals surface area contributed by atoms with Gasteiger partial charge >= 0.3 is 6.03 Å². The number of hydrogen-bond acceptors (Lipinski definition) is 2. The van der Waals surface area contributed by atoms with E-state index in [1.54, 1.807) is 11.2 Å². The van der Waals surface area contributed by atoms with E-state index in [1.165, 1.54) is 5.56 Å². The summed E-state index contributed by atoms with van der Waals surface area (Å²) in [5.41, 5.74) is 2.29. The van der Waals surface area contributed by atoms with E-state index < -0.39 is 0 Å². The van der Waals surface area contributed by atoms with Gasteiger partial charge in [-0.2, -0.15) is 0 Å². The number of nitrogens with zero attached hydrogens (tertiary/aromatic N) is 1. The zero-order valence-corrected chi connectivity index (χ0v) is 14.1. The summed E-state index contributed by atoms with van der Waals surface area (Å²) in [5.74, 6) is 0.780. The highest BCUT2D eigenvalue weighted by atomic mass is 16.3. The van der Waals surface area contributed by atoms with Crippen molar-refractivity contribution < 1.29 is 9.21 Å². The second-order valence-electron chi connectivity index (χ2n) is 5.88. The van der Waals surface area contributed by atoms with Crippen molar-refractivity contribution in [2.75, 3.05) is 6.54 Å². The van der Waals surface area contributed by atoms with Crippen molar-refractivity contribution in [1.82, 2.24) is 10.2 Å². The molecule has 0 atom stereocenters. The molecule has 1 aromatic heterocycles. The third-order valence-corrected chi connectivity index (χ3v) is 4.01. The van der Waals surface area contributed by atoms with Crippen LogP contribution < -0.4 is 5.32 Å². The lowest BCUT2D eigenvalue weighted by molar-refractivity contribution is 0.190. The van der Waals surface area contributed by atoms with Crippen molar-refractivity contribution in [3.63, 3.8) is 0 Å². The number of carbonyl (C=O) groups excluding carboxylic acids is 1. The van der Waals surface area contributed by atoms with Gasteiger partial charge < -0.3 is 14.6 Å². The SMILES string of the molecule is O=C(NCc1ccccc1)N(CCc1ccccc1)Cc1ccco1. The molecule has 128 valence electrons. The predicted molar refractivity (Wildman–Crippen MR) is 97.9 cm³/mol. The van der Waals surface area contributed by atoms with E-state index in [4.69, 9.17) is 4.42 Å². The zero-order chi connectivity index (χ0) is 17.3. The van der Waals surface area contributed by atoms with Gasteiger partial charge in [0.05, 0.1) is 12.8 Å². The molecule has 0 fully saturated rings. The van der Waals surface area contributed by atoms with E-state index in [9.17, 15) is 4.79 Å². The van der Waals surface area contributed by atoms with Crippen LogP contribution in [0.5, 0.6) is 0 Å². The maximum Gasteiger partial charge on any atom is 0.318 e. The maximum absolute atomic E-state index is 12.6. The largest absolute Gasteiger partial charge is 0.467 e. The number of benzene rings is 2. The van der Waals surface area contributed by atoms with Gasteiger partial charge in [-0.15, -0.1) is 0 Å². The van der Waals surface area contributed by atoms with E-state index in [2.05, 4.69) is 17.4 Å². The molecule has 0 aliphatic heterocycles. The van der Waals surface area contributed by atoms with Gasteiger partial charge in [0.2, 0.25) is 0 Å². The van der Waals surface area contributed by atoms with E-state index >= 15 is 0 Å². The Balaban J connectivity index is 1.61. The fourth-order valence-electron chi connectivity index (χ4n) is 2.64. The lowest BCUT2D eigenvalue weighted by atomic mass is 10.1. The van der Waals surface area contributed by atoms with Crippen LogP contribution >= 0.6 is 0 Å². The van der Waals surface area contributed by atoms with Crippen molar-refractivity contribution in [2.45, 2.75) is 19.5 Å². The van der Waals surface area contributed by atoms with Gasteiger partial charge in [0.1, 0.15) is 5.76 Å². The van der Waals surface area contributed by atoms with Gasteiger partial charge in [0.15, 0.2) is 0 Å². The van der Waals surface area contributed by atoms with Gasteiger partial charge in [-0.1, -0.05) is 60.7 Å². The van der Waals surface area contributed by atoms with Crippen molar-refractivity contribution in [2.24, 2.45) is 0 Å². The molecular formula is C21H22N2O2. The number of furan rings is 1. The predicted octanol–water partition coefficient (Wildman–Crippen LogP) is 4.23. The summed E-state index contributed by atoms with van der Waals surface area (Å²) in [6, 6.07) is 23.7. The van der Waals surface area contributed by atoms with Crippen molar-refractivity contribution in [3.8, 4) is 0 Å². The van der Waals surface area contributed by atoms with Crippen LogP contribution in [0.4, 0.5) is 4.79 Å². The molecule has 0 saturated heterocycles. The average molecular weight is 334 g/mol. The Labute approximate surface area is 148 Å². The summed E-state index contributed by atoms with van der Waals surface area (Å²) >= 11 is 0. The average Bonchev–Trinajstić information content (AvgIpc) is 3.18. The molecule has 1 N–H and O–H groups in total. The van der Waals surface area contributed by atoms with E-state index in [0.29, 0.717) is 19.6 Å². The molecular weight excluding hydrogens is 312 g/mol. The number of nitrogens with one attached hydrogen (secondary N) is 1. The summed E-state index contributed by atoms with van der Waals surface area (Å²) in [6.07, 6.45) is 2.44. The van der Waals surface area contributed by atoms with Crippen LogP contribution in [0.15, 0.2) is 83.5 Å². The Hall–Kier alpha value is -3.01. The molecule has 0 radical (unpaired) electrons. The van der Waals surface area contributed by atoms with E-state index in [1.807, 2.05) is 60.7 Å². The molecule has 2 aromatic carbocycles. The fraction of sp³-hybridized carbons (Fsp3) is 0.190. The molecule has 0 bridgehead atoms.